The maximum atomic E-state index is 12.7. The molecule has 1 amide bonds. The molecule has 136 valence electrons. The Morgan fingerprint density at radius 1 is 1.11 bits per heavy atom. The number of anilines is 1. The number of amides is 1. The van der Waals surface area contributed by atoms with Gasteiger partial charge in [0.25, 0.3) is 11.6 Å². The van der Waals surface area contributed by atoms with E-state index in [9.17, 15) is 14.9 Å². The maximum Gasteiger partial charge on any atom is 0.275 e. The fourth-order valence-corrected chi connectivity index (χ4v) is 2.94. The molecule has 0 aliphatic carbocycles. The first-order chi connectivity index (χ1) is 13.0. The summed E-state index contributed by atoms with van der Waals surface area (Å²) >= 11 is 0. The van der Waals surface area contributed by atoms with Gasteiger partial charge in [-0.1, -0.05) is 24.3 Å². The minimum atomic E-state index is -1.26. The average Bonchev–Trinajstić information content (AvgIpc) is 3.10. The standard InChI is InChI=1S/C17H15N7O3/c18-13-7-2-1-6-12(13)15-19-16(25)17(23-21-15)9-14(20-22-17)10-4-3-5-11(8-10)24(26)27/h1-8,22-23H,9,18H2,(H,19,21,25)/t17-/m0/s1. The van der Waals surface area contributed by atoms with Crippen LogP contribution in [0.2, 0.25) is 0 Å². The normalized spacial score (nSPS) is 21.0. The Hall–Kier alpha value is -3.95. The number of carbonyl (C=O) groups excluding carboxylic acids is 1. The minimum absolute atomic E-state index is 0.0444. The van der Waals surface area contributed by atoms with Crippen molar-refractivity contribution in [1.29, 1.82) is 0 Å². The van der Waals surface area contributed by atoms with E-state index >= 15 is 0 Å². The Bertz CT molecular complexity index is 1020. The van der Waals surface area contributed by atoms with Crippen LogP contribution in [0.3, 0.4) is 0 Å². The summed E-state index contributed by atoms with van der Waals surface area (Å²) in [5.74, 6) is -0.0609. The van der Waals surface area contributed by atoms with Crippen molar-refractivity contribution in [2.75, 3.05) is 5.73 Å². The minimum Gasteiger partial charge on any atom is -0.398 e. The molecule has 1 spiro atoms. The number of carbonyl (C=O) groups is 1. The zero-order chi connectivity index (χ0) is 19.0. The summed E-state index contributed by atoms with van der Waals surface area (Å²) in [5, 5.41) is 22.1. The Morgan fingerprint density at radius 2 is 1.89 bits per heavy atom. The number of nitrogens with zero attached hydrogens (tertiary/aromatic N) is 3. The van der Waals surface area contributed by atoms with Crippen molar-refractivity contribution in [2.45, 2.75) is 12.1 Å². The number of amidine groups is 1. The van der Waals surface area contributed by atoms with E-state index in [0.717, 1.165) is 0 Å². The van der Waals surface area contributed by atoms with Gasteiger partial charge in [0.05, 0.1) is 10.6 Å². The van der Waals surface area contributed by atoms with Gasteiger partial charge >= 0.3 is 0 Å². The third kappa shape index (κ3) is 2.82. The molecule has 0 saturated carbocycles. The number of nitrogen functional groups attached to an aromatic ring is 1. The number of hydrazone groups is 2. The quantitative estimate of drug-likeness (QED) is 0.357. The number of nitro benzene ring substituents is 1. The number of benzene rings is 2. The van der Waals surface area contributed by atoms with E-state index in [1.807, 2.05) is 0 Å². The van der Waals surface area contributed by atoms with E-state index in [2.05, 4.69) is 26.4 Å². The molecule has 2 heterocycles. The third-order valence-corrected chi connectivity index (χ3v) is 4.40. The molecular formula is C17H15N7O3. The first kappa shape index (κ1) is 16.5. The predicted molar refractivity (Wildman–Crippen MR) is 98.8 cm³/mol. The molecule has 0 fully saturated rings. The molecule has 2 aromatic rings. The van der Waals surface area contributed by atoms with Crippen LogP contribution < -0.4 is 21.9 Å². The van der Waals surface area contributed by atoms with E-state index in [1.165, 1.54) is 12.1 Å². The van der Waals surface area contributed by atoms with Gasteiger partial charge in [0.15, 0.2) is 5.84 Å². The Kier molecular flexibility index (Phi) is 3.73. The third-order valence-electron chi connectivity index (χ3n) is 4.40. The van der Waals surface area contributed by atoms with E-state index in [0.29, 0.717) is 28.4 Å². The zero-order valence-electron chi connectivity index (χ0n) is 14.0. The fraction of sp³-hybridized carbons (Fsp3) is 0.118. The van der Waals surface area contributed by atoms with Gasteiger partial charge in [-0.05, 0) is 12.1 Å². The fourth-order valence-electron chi connectivity index (χ4n) is 2.94. The molecule has 4 rings (SSSR count). The van der Waals surface area contributed by atoms with Crippen molar-refractivity contribution in [1.82, 2.24) is 16.2 Å². The van der Waals surface area contributed by atoms with Crippen molar-refractivity contribution < 1.29 is 9.72 Å². The van der Waals surface area contributed by atoms with E-state index < -0.39 is 10.6 Å². The molecule has 0 radical (unpaired) electrons. The van der Waals surface area contributed by atoms with Crippen molar-refractivity contribution in [2.24, 2.45) is 10.2 Å². The van der Waals surface area contributed by atoms with Gasteiger partial charge < -0.3 is 11.1 Å². The molecule has 0 bridgehead atoms. The van der Waals surface area contributed by atoms with Crippen molar-refractivity contribution in [3.05, 3.63) is 69.8 Å². The van der Waals surface area contributed by atoms with Crippen molar-refractivity contribution >= 4 is 28.8 Å². The number of rotatable bonds is 3. The van der Waals surface area contributed by atoms with Crippen LogP contribution in [0.4, 0.5) is 11.4 Å². The highest BCUT2D eigenvalue weighted by atomic mass is 16.6. The number of nitrogens with one attached hydrogen (secondary N) is 3. The SMILES string of the molecule is Nc1ccccc1C1=NN[C@@]2(CC(c3cccc([N+](=O)[O-])c3)=NN2)C(=O)N1. The molecule has 2 aliphatic heterocycles. The number of hydrogen-bond acceptors (Lipinski definition) is 8. The Morgan fingerprint density at radius 3 is 2.63 bits per heavy atom. The van der Waals surface area contributed by atoms with E-state index in [4.69, 9.17) is 5.73 Å². The van der Waals surface area contributed by atoms with Gasteiger partial charge in [0, 0.05) is 35.4 Å². The summed E-state index contributed by atoms with van der Waals surface area (Å²) in [4.78, 5) is 23.2. The molecule has 0 saturated heterocycles. The molecular weight excluding hydrogens is 350 g/mol. The lowest BCUT2D eigenvalue weighted by Gasteiger charge is -2.31. The van der Waals surface area contributed by atoms with Crippen LogP contribution in [0.1, 0.15) is 17.5 Å². The number of nitrogens with two attached hydrogens (primary N) is 1. The molecule has 27 heavy (non-hydrogen) atoms. The number of nitro groups is 1. The van der Waals surface area contributed by atoms with Gasteiger partial charge in [0.2, 0.25) is 5.66 Å². The molecule has 10 heteroatoms. The highest BCUT2D eigenvalue weighted by Crippen LogP contribution is 2.24. The lowest BCUT2D eigenvalue weighted by Crippen LogP contribution is -2.65. The van der Waals surface area contributed by atoms with Crippen LogP contribution >= 0.6 is 0 Å². The highest BCUT2D eigenvalue weighted by molar-refractivity contribution is 6.16. The second-order valence-electron chi connectivity index (χ2n) is 6.17. The number of para-hydroxylation sites is 1. The molecule has 0 unspecified atom stereocenters. The number of hydrogen-bond donors (Lipinski definition) is 4. The molecule has 2 aromatic carbocycles. The lowest BCUT2D eigenvalue weighted by atomic mass is 9.98. The van der Waals surface area contributed by atoms with Crippen LogP contribution in [0.5, 0.6) is 0 Å². The lowest BCUT2D eigenvalue weighted by molar-refractivity contribution is -0.384. The smallest absolute Gasteiger partial charge is 0.275 e. The largest absolute Gasteiger partial charge is 0.398 e. The van der Waals surface area contributed by atoms with Gasteiger partial charge in [-0.2, -0.15) is 10.2 Å². The second-order valence-corrected chi connectivity index (χ2v) is 6.17. The van der Waals surface area contributed by atoms with Crippen LogP contribution in [-0.4, -0.2) is 28.0 Å². The first-order valence-corrected chi connectivity index (χ1v) is 8.08. The zero-order valence-corrected chi connectivity index (χ0v) is 14.0. The molecule has 2 aliphatic rings. The van der Waals surface area contributed by atoms with Gasteiger partial charge in [-0.3, -0.25) is 25.8 Å². The van der Waals surface area contributed by atoms with E-state index in [1.54, 1.807) is 36.4 Å². The topological polar surface area (TPSA) is 147 Å². The summed E-state index contributed by atoms with van der Waals surface area (Å²) in [6.07, 6.45) is 0.168. The predicted octanol–water partition coefficient (Wildman–Crippen LogP) is 0.652. The second kappa shape index (κ2) is 6.09. The molecule has 5 N–H and O–H groups in total. The monoisotopic (exact) mass is 365 g/mol. The Labute approximate surface area is 153 Å². The summed E-state index contributed by atoms with van der Waals surface area (Å²) in [6.45, 7) is 0. The van der Waals surface area contributed by atoms with Crippen LogP contribution in [0.25, 0.3) is 0 Å². The van der Waals surface area contributed by atoms with Gasteiger partial charge in [-0.25, -0.2) is 0 Å². The highest BCUT2D eigenvalue weighted by Gasteiger charge is 2.46. The summed E-state index contributed by atoms with van der Waals surface area (Å²) in [6, 6.07) is 13.1. The Balaban J connectivity index is 1.57. The maximum absolute atomic E-state index is 12.7. The molecule has 0 aromatic heterocycles. The summed E-state index contributed by atoms with van der Waals surface area (Å²) in [7, 11) is 0. The van der Waals surface area contributed by atoms with Crippen molar-refractivity contribution in [3.63, 3.8) is 0 Å². The van der Waals surface area contributed by atoms with Crippen LogP contribution in [0.15, 0.2) is 58.7 Å². The van der Waals surface area contributed by atoms with Gasteiger partial charge in [-0.15, -0.1) is 0 Å². The van der Waals surface area contributed by atoms with Crippen molar-refractivity contribution in [3.8, 4) is 0 Å². The average molecular weight is 365 g/mol. The summed E-state index contributed by atoms with van der Waals surface area (Å²) in [5.41, 5.74) is 12.4. The molecule has 1 atom stereocenters. The van der Waals surface area contributed by atoms with Gasteiger partial charge in [0.1, 0.15) is 0 Å². The molecule has 10 nitrogen and oxygen atoms in total. The van der Waals surface area contributed by atoms with Crippen LogP contribution in [-0.2, 0) is 4.79 Å². The first-order valence-electron chi connectivity index (χ1n) is 8.08. The number of non-ortho nitro benzene ring substituents is 1. The van der Waals surface area contributed by atoms with E-state index in [-0.39, 0.29) is 18.0 Å². The van der Waals surface area contributed by atoms with Crippen LogP contribution in [0, 0.1) is 10.1 Å². The summed E-state index contributed by atoms with van der Waals surface area (Å²) < 4.78 is 0.